The summed E-state index contributed by atoms with van der Waals surface area (Å²) < 4.78 is 0. The van der Waals surface area contributed by atoms with Gasteiger partial charge in [-0.25, -0.2) is 4.79 Å². The van der Waals surface area contributed by atoms with E-state index in [1.807, 2.05) is 13.8 Å². The molecule has 2 unspecified atom stereocenters. The number of nitrogens with two attached hydrogens (primary N) is 1. The van der Waals surface area contributed by atoms with Gasteiger partial charge in [0.1, 0.15) is 6.04 Å². The molecule has 1 amide bonds. The molecule has 0 aliphatic rings. The third-order valence-corrected chi connectivity index (χ3v) is 3.53. The van der Waals surface area contributed by atoms with Gasteiger partial charge in [-0.1, -0.05) is 44.2 Å². The lowest BCUT2D eigenvalue weighted by molar-refractivity contribution is -0.149. The van der Waals surface area contributed by atoms with Crippen LogP contribution >= 0.6 is 0 Å². The molecule has 1 rings (SSSR count). The molecule has 0 radical (unpaired) electrons. The molecule has 0 saturated heterocycles. The van der Waals surface area contributed by atoms with Crippen molar-refractivity contribution in [3.8, 4) is 0 Å². The van der Waals surface area contributed by atoms with Gasteiger partial charge in [0, 0.05) is 6.04 Å². The lowest BCUT2D eigenvalue weighted by atomic mass is 9.86. The summed E-state index contributed by atoms with van der Waals surface area (Å²) in [6.45, 7) is 5.22. The summed E-state index contributed by atoms with van der Waals surface area (Å²) in [6.07, 6.45) is 0.269. The highest BCUT2D eigenvalue weighted by molar-refractivity contribution is 5.90. The van der Waals surface area contributed by atoms with Gasteiger partial charge in [-0.15, -0.1) is 0 Å². The van der Waals surface area contributed by atoms with Crippen molar-refractivity contribution in [2.24, 2.45) is 11.7 Å². The largest absolute Gasteiger partial charge is 0.480 e. The minimum atomic E-state index is -1.98. The Morgan fingerprint density at radius 3 is 2.18 bits per heavy atom. The first-order valence-corrected chi connectivity index (χ1v) is 7.26. The Hall–Kier alpha value is -1.92. The van der Waals surface area contributed by atoms with Crippen LogP contribution in [-0.2, 0) is 15.2 Å². The van der Waals surface area contributed by atoms with Crippen molar-refractivity contribution >= 4 is 11.9 Å². The van der Waals surface area contributed by atoms with Gasteiger partial charge in [0.25, 0.3) is 5.91 Å². The monoisotopic (exact) mass is 308 g/mol. The lowest BCUT2D eigenvalue weighted by Crippen LogP contribution is -2.57. The van der Waals surface area contributed by atoms with Crippen LogP contribution in [0, 0.1) is 5.92 Å². The van der Waals surface area contributed by atoms with Gasteiger partial charge in [-0.05, 0) is 24.8 Å². The van der Waals surface area contributed by atoms with E-state index in [-0.39, 0.29) is 12.3 Å². The molecule has 0 fully saturated rings. The van der Waals surface area contributed by atoms with Crippen molar-refractivity contribution in [2.45, 2.75) is 44.9 Å². The molecule has 0 aliphatic carbocycles. The fraction of sp³-hybridized carbons (Fsp3) is 0.500. The molecule has 22 heavy (non-hydrogen) atoms. The smallest absolute Gasteiger partial charge is 0.326 e. The van der Waals surface area contributed by atoms with E-state index in [4.69, 9.17) is 5.73 Å². The van der Waals surface area contributed by atoms with Crippen LogP contribution in [0.15, 0.2) is 30.3 Å². The van der Waals surface area contributed by atoms with Crippen LogP contribution in [0.3, 0.4) is 0 Å². The van der Waals surface area contributed by atoms with Crippen LogP contribution in [0.1, 0.15) is 32.8 Å². The van der Waals surface area contributed by atoms with Crippen LogP contribution in [0.2, 0.25) is 0 Å². The average molecular weight is 308 g/mol. The number of aliphatic hydroxyl groups is 1. The van der Waals surface area contributed by atoms with E-state index in [0.29, 0.717) is 5.56 Å². The number of carbonyl (C=O) groups is 2. The number of amides is 1. The first kappa shape index (κ1) is 18.1. The van der Waals surface area contributed by atoms with Crippen LogP contribution in [0.5, 0.6) is 0 Å². The summed E-state index contributed by atoms with van der Waals surface area (Å²) in [5, 5.41) is 22.4. The SMILES string of the molecule is CC(C)C[C@H](NC(=O)C(O)(c1ccccc1)C(C)N)C(=O)O. The molecule has 0 spiro atoms. The maximum atomic E-state index is 12.5. The number of hydrogen-bond acceptors (Lipinski definition) is 4. The van der Waals surface area contributed by atoms with Crippen molar-refractivity contribution in [1.29, 1.82) is 0 Å². The Morgan fingerprint density at radius 1 is 1.23 bits per heavy atom. The molecule has 1 aromatic carbocycles. The molecule has 1 aromatic rings. The highest BCUT2D eigenvalue weighted by Gasteiger charge is 2.43. The van der Waals surface area contributed by atoms with Crippen LogP contribution < -0.4 is 11.1 Å². The van der Waals surface area contributed by atoms with Gasteiger partial charge in [-0.3, -0.25) is 4.79 Å². The van der Waals surface area contributed by atoms with E-state index in [9.17, 15) is 19.8 Å². The van der Waals surface area contributed by atoms with Crippen LogP contribution in [-0.4, -0.2) is 34.2 Å². The van der Waals surface area contributed by atoms with E-state index in [1.54, 1.807) is 30.3 Å². The Balaban J connectivity index is 3.06. The number of carboxylic acid groups (broad SMARTS) is 1. The molecule has 3 atom stereocenters. The molecule has 6 heteroatoms. The minimum absolute atomic E-state index is 0.0847. The van der Waals surface area contributed by atoms with Gasteiger partial charge >= 0.3 is 5.97 Å². The molecule has 6 nitrogen and oxygen atoms in total. The Labute approximate surface area is 130 Å². The van der Waals surface area contributed by atoms with Crippen molar-refractivity contribution < 1.29 is 19.8 Å². The Kier molecular flexibility index (Phi) is 6.08. The normalized spacial score (nSPS) is 16.6. The zero-order chi connectivity index (χ0) is 16.9. The molecule has 0 bridgehead atoms. The Morgan fingerprint density at radius 2 is 1.77 bits per heavy atom. The highest BCUT2D eigenvalue weighted by Crippen LogP contribution is 2.25. The number of benzene rings is 1. The van der Waals surface area contributed by atoms with E-state index in [2.05, 4.69) is 5.32 Å². The summed E-state index contributed by atoms with van der Waals surface area (Å²) in [5.74, 6) is -1.86. The van der Waals surface area contributed by atoms with Crippen LogP contribution in [0.25, 0.3) is 0 Å². The molecule has 5 N–H and O–H groups in total. The molecule has 0 aliphatic heterocycles. The maximum absolute atomic E-state index is 12.5. The number of nitrogens with one attached hydrogen (secondary N) is 1. The number of aliphatic carboxylic acids is 1. The van der Waals surface area contributed by atoms with Gasteiger partial charge in [-0.2, -0.15) is 0 Å². The van der Waals surface area contributed by atoms with Crippen molar-refractivity contribution in [3.05, 3.63) is 35.9 Å². The third kappa shape index (κ3) is 4.05. The number of rotatable bonds is 7. The average Bonchev–Trinajstić information content (AvgIpc) is 2.45. The fourth-order valence-corrected chi connectivity index (χ4v) is 2.25. The minimum Gasteiger partial charge on any atom is -0.480 e. The predicted octanol–water partition coefficient (Wildman–Crippen LogP) is 0.837. The third-order valence-electron chi connectivity index (χ3n) is 3.53. The van der Waals surface area contributed by atoms with Crippen LogP contribution in [0.4, 0.5) is 0 Å². The molecular weight excluding hydrogens is 284 g/mol. The topological polar surface area (TPSA) is 113 Å². The summed E-state index contributed by atoms with van der Waals surface area (Å²) in [7, 11) is 0. The fourth-order valence-electron chi connectivity index (χ4n) is 2.25. The standard InChI is InChI=1S/C16H24N2O4/c1-10(2)9-13(14(19)20)18-15(21)16(22,11(3)17)12-7-5-4-6-8-12/h4-8,10-11,13,22H,9,17H2,1-3H3,(H,18,21)(H,19,20)/t11?,13-,16?/m0/s1. The second-order valence-corrected chi connectivity index (χ2v) is 5.91. The lowest BCUT2D eigenvalue weighted by Gasteiger charge is -2.32. The van der Waals surface area contributed by atoms with E-state index in [1.165, 1.54) is 6.92 Å². The predicted molar refractivity (Wildman–Crippen MR) is 83.0 cm³/mol. The second-order valence-electron chi connectivity index (χ2n) is 5.91. The van der Waals surface area contributed by atoms with Crippen molar-refractivity contribution in [2.75, 3.05) is 0 Å². The molecule has 122 valence electrons. The number of carbonyl (C=O) groups excluding carboxylic acids is 1. The zero-order valence-electron chi connectivity index (χ0n) is 13.1. The van der Waals surface area contributed by atoms with Gasteiger partial charge in [0.05, 0.1) is 0 Å². The van der Waals surface area contributed by atoms with Gasteiger partial charge in [0.15, 0.2) is 5.60 Å². The first-order valence-electron chi connectivity index (χ1n) is 7.26. The first-order chi connectivity index (χ1) is 10.2. The second kappa shape index (κ2) is 7.38. The Bertz CT molecular complexity index is 516. The van der Waals surface area contributed by atoms with Crippen molar-refractivity contribution in [1.82, 2.24) is 5.32 Å². The summed E-state index contributed by atoms with van der Waals surface area (Å²) in [5.41, 5.74) is 4.15. The van der Waals surface area contributed by atoms with Gasteiger partial charge < -0.3 is 21.3 Å². The summed E-state index contributed by atoms with van der Waals surface area (Å²) in [4.78, 5) is 23.8. The summed E-state index contributed by atoms with van der Waals surface area (Å²) in [6, 6.07) is 6.31. The van der Waals surface area contributed by atoms with Gasteiger partial charge in [0.2, 0.25) is 0 Å². The zero-order valence-corrected chi connectivity index (χ0v) is 13.1. The molecule has 0 aromatic heterocycles. The highest BCUT2D eigenvalue weighted by atomic mass is 16.4. The quantitative estimate of drug-likeness (QED) is 0.596. The maximum Gasteiger partial charge on any atom is 0.326 e. The molecular formula is C16H24N2O4. The number of hydrogen-bond donors (Lipinski definition) is 4. The molecule has 0 heterocycles. The summed E-state index contributed by atoms with van der Waals surface area (Å²) >= 11 is 0. The van der Waals surface area contributed by atoms with E-state index < -0.39 is 29.6 Å². The van der Waals surface area contributed by atoms with E-state index in [0.717, 1.165) is 0 Å². The molecule has 0 saturated carbocycles. The van der Waals surface area contributed by atoms with Crippen molar-refractivity contribution in [3.63, 3.8) is 0 Å². The number of carboxylic acids is 1. The van der Waals surface area contributed by atoms with E-state index >= 15 is 0 Å².